The molecule has 4 N–H and O–H groups in total. The van der Waals surface area contributed by atoms with Crippen molar-refractivity contribution in [3.63, 3.8) is 0 Å². The Balaban J connectivity index is 2.60. The van der Waals surface area contributed by atoms with E-state index in [1.54, 1.807) is 12.1 Å². The molecule has 1 aliphatic heterocycles. The van der Waals surface area contributed by atoms with E-state index < -0.39 is 7.12 Å². The Morgan fingerprint density at radius 3 is 2.93 bits per heavy atom. The number of rotatable bonds is 1. The van der Waals surface area contributed by atoms with Crippen LogP contribution >= 0.6 is 0 Å². The van der Waals surface area contributed by atoms with Gasteiger partial charge in [-0.1, -0.05) is 6.07 Å². The molecule has 0 bridgehead atoms. The van der Waals surface area contributed by atoms with Crippen molar-refractivity contribution in [3.05, 3.63) is 23.3 Å². The molecular formula is C9H12BNO3. The van der Waals surface area contributed by atoms with Crippen LogP contribution in [0.3, 0.4) is 0 Å². The fourth-order valence-corrected chi connectivity index (χ4v) is 1.89. The van der Waals surface area contributed by atoms with Gasteiger partial charge < -0.3 is 20.5 Å². The molecule has 0 saturated carbocycles. The van der Waals surface area contributed by atoms with Crippen molar-refractivity contribution in [2.75, 3.05) is 6.54 Å². The molecule has 2 rings (SSSR count). The zero-order valence-electron chi connectivity index (χ0n) is 7.90. The largest absolute Gasteiger partial charge is 0.508 e. The SMILES string of the molecule is Cc1ccc(O)c2c1[C@@H](CN)OB2O. The number of phenolic OH excluding ortho intramolecular Hbond substituents is 1. The van der Waals surface area contributed by atoms with Gasteiger partial charge in [0, 0.05) is 12.0 Å². The number of aromatic hydroxyl groups is 1. The van der Waals surface area contributed by atoms with E-state index in [-0.39, 0.29) is 11.9 Å². The summed E-state index contributed by atoms with van der Waals surface area (Å²) in [6, 6.07) is 3.35. The zero-order valence-corrected chi connectivity index (χ0v) is 7.90. The summed E-state index contributed by atoms with van der Waals surface area (Å²) in [6.07, 6.45) is -0.313. The molecule has 0 aliphatic carbocycles. The normalized spacial score (nSPS) is 19.9. The van der Waals surface area contributed by atoms with E-state index in [1.165, 1.54) is 0 Å². The molecule has 0 unspecified atom stereocenters. The first kappa shape index (κ1) is 9.52. The highest BCUT2D eigenvalue weighted by Gasteiger charge is 2.37. The van der Waals surface area contributed by atoms with Crippen LogP contribution in [0, 0.1) is 6.92 Å². The van der Waals surface area contributed by atoms with Crippen LogP contribution in [0.25, 0.3) is 0 Å². The maximum Gasteiger partial charge on any atom is 0.495 e. The maximum atomic E-state index is 9.56. The van der Waals surface area contributed by atoms with Crippen molar-refractivity contribution < 1.29 is 14.8 Å². The molecule has 1 aromatic rings. The van der Waals surface area contributed by atoms with E-state index in [9.17, 15) is 10.1 Å². The minimum absolute atomic E-state index is 0.0639. The van der Waals surface area contributed by atoms with Crippen LogP contribution in [0.1, 0.15) is 17.2 Å². The lowest BCUT2D eigenvalue weighted by molar-refractivity contribution is 0.197. The zero-order chi connectivity index (χ0) is 10.3. The number of hydrogen-bond donors (Lipinski definition) is 3. The summed E-state index contributed by atoms with van der Waals surface area (Å²) in [5.74, 6) is 0.0639. The lowest BCUT2D eigenvalue weighted by atomic mass is 9.77. The van der Waals surface area contributed by atoms with E-state index in [0.29, 0.717) is 12.0 Å². The van der Waals surface area contributed by atoms with E-state index in [0.717, 1.165) is 11.1 Å². The molecule has 0 aromatic heterocycles. The second-order valence-corrected chi connectivity index (χ2v) is 3.44. The lowest BCUT2D eigenvalue weighted by Gasteiger charge is -2.11. The summed E-state index contributed by atoms with van der Waals surface area (Å²) >= 11 is 0. The molecule has 4 nitrogen and oxygen atoms in total. The predicted octanol–water partition coefficient (Wildman–Crippen LogP) is -0.582. The Labute approximate surface area is 82.5 Å². The van der Waals surface area contributed by atoms with Gasteiger partial charge in [-0.05, 0) is 24.1 Å². The number of fused-ring (bicyclic) bond motifs is 1. The number of benzene rings is 1. The van der Waals surface area contributed by atoms with Gasteiger partial charge in [0.05, 0.1) is 6.10 Å². The summed E-state index contributed by atoms with van der Waals surface area (Å²) in [7, 11) is -1.06. The molecule has 1 heterocycles. The van der Waals surface area contributed by atoms with Crippen LogP contribution in [0.5, 0.6) is 5.75 Å². The molecule has 14 heavy (non-hydrogen) atoms. The average molecular weight is 193 g/mol. The van der Waals surface area contributed by atoms with Gasteiger partial charge in [0.25, 0.3) is 0 Å². The molecule has 1 atom stereocenters. The molecule has 0 spiro atoms. The highest BCUT2D eigenvalue weighted by molar-refractivity contribution is 6.63. The highest BCUT2D eigenvalue weighted by Crippen LogP contribution is 2.28. The Morgan fingerprint density at radius 2 is 2.29 bits per heavy atom. The van der Waals surface area contributed by atoms with Gasteiger partial charge in [0.15, 0.2) is 0 Å². The maximum absolute atomic E-state index is 9.56. The summed E-state index contributed by atoms with van der Waals surface area (Å²) in [6.45, 7) is 2.21. The van der Waals surface area contributed by atoms with Crippen LogP contribution in [0.15, 0.2) is 12.1 Å². The standard InChI is InChI=1S/C9H12BNO3/c1-5-2-3-6(12)9-8(5)7(4-11)14-10(9)13/h2-3,7,12-13H,4,11H2,1H3/t7-/m1/s1. The molecule has 1 aromatic carbocycles. The molecule has 0 amide bonds. The van der Waals surface area contributed by atoms with Crippen molar-refractivity contribution in [1.82, 2.24) is 0 Å². The van der Waals surface area contributed by atoms with Gasteiger partial charge >= 0.3 is 7.12 Å². The molecule has 0 radical (unpaired) electrons. The van der Waals surface area contributed by atoms with Gasteiger partial charge in [-0.25, -0.2) is 0 Å². The van der Waals surface area contributed by atoms with Gasteiger partial charge in [0.1, 0.15) is 5.75 Å². The van der Waals surface area contributed by atoms with Crippen LogP contribution < -0.4 is 11.2 Å². The molecular weight excluding hydrogens is 181 g/mol. The van der Waals surface area contributed by atoms with Gasteiger partial charge in [0.2, 0.25) is 0 Å². The van der Waals surface area contributed by atoms with Crippen molar-refractivity contribution >= 4 is 12.6 Å². The monoisotopic (exact) mass is 193 g/mol. The van der Waals surface area contributed by atoms with Gasteiger partial charge in [-0.2, -0.15) is 0 Å². The van der Waals surface area contributed by atoms with Gasteiger partial charge in [-0.15, -0.1) is 0 Å². The Hall–Kier alpha value is -1.04. The fourth-order valence-electron chi connectivity index (χ4n) is 1.89. The van der Waals surface area contributed by atoms with E-state index in [1.807, 2.05) is 6.92 Å². The number of nitrogens with two attached hydrogens (primary N) is 1. The average Bonchev–Trinajstić information content (AvgIpc) is 2.50. The molecule has 0 saturated heterocycles. The predicted molar refractivity (Wildman–Crippen MR) is 53.3 cm³/mol. The number of hydrogen-bond acceptors (Lipinski definition) is 4. The van der Waals surface area contributed by atoms with Crippen LogP contribution in [0.4, 0.5) is 0 Å². The first-order chi connectivity index (χ1) is 6.65. The quantitative estimate of drug-likeness (QED) is 0.521. The fraction of sp³-hybridized carbons (Fsp3) is 0.333. The first-order valence-corrected chi connectivity index (χ1v) is 4.51. The Kier molecular flexibility index (Phi) is 2.22. The molecule has 1 aliphatic rings. The van der Waals surface area contributed by atoms with Gasteiger partial charge in [-0.3, -0.25) is 0 Å². The van der Waals surface area contributed by atoms with E-state index >= 15 is 0 Å². The van der Waals surface area contributed by atoms with E-state index in [2.05, 4.69) is 0 Å². The van der Waals surface area contributed by atoms with Crippen LogP contribution in [0.2, 0.25) is 0 Å². The second-order valence-electron chi connectivity index (χ2n) is 3.44. The Bertz CT molecular complexity index is 369. The lowest BCUT2D eigenvalue weighted by Crippen LogP contribution is -2.28. The minimum Gasteiger partial charge on any atom is -0.508 e. The molecule has 0 fully saturated rings. The summed E-state index contributed by atoms with van der Waals surface area (Å²) < 4.78 is 5.21. The Morgan fingerprint density at radius 1 is 1.57 bits per heavy atom. The van der Waals surface area contributed by atoms with Crippen molar-refractivity contribution in [1.29, 1.82) is 0 Å². The molecule has 74 valence electrons. The topological polar surface area (TPSA) is 75.7 Å². The summed E-state index contributed by atoms with van der Waals surface area (Å²) in [5, 5.41) is 19.1. The highest BCUT2D eigenvalue weighted by atomic mass is 16.5. The van der Waals surface area contributed by atoms with Crippen LogP contribution in [-0.2, 0) is 4.65 Å². The first-order valence-electron chi connectivity index (χ1n) is 4.51. The smallest absolute Gasteiger partial charge is 0.495 e. The third-order valence-corrected chi connectivity index (χ3v) is 2.56. The second kappa shape index (κ2) is 3.27. The summed E-state index contributed by atoms with van der Waals surface area (Å²) in [4.78, 5) is 0. The minimum atomic E-state index is -1.06. The third kappa shape index (κ3) is 1.21. The number of phenols is 1. The van der Waals surface area contributed by atoms with Crippen LogP contribution in [-0.4, -0.2) is 23.8 Å². The third-order valence-electron chi connectivity index (χ3n) is 2.56. The van der Waals surface area contributed by atoms with E-state index in [4.69, 9.17) is 10.4 Å². The number of aryl methyl sites for hydroxylation is 1. The van der Waals surface area contributed by atoms with Crippen molar-refractivity contribution in [3.8, 4) is 5.75 Å². The molecule has 5 heteroatoms. The van der Waals surface area contributed by atoms with Crippen molar-refractivity contribution in [2.24, 2.45) is 5.73 Å². The summed E-state index contributed by atoms with van der Waals surface area (Å²) in [5.41, 5.74) is 7.77. The van der Waals surface area contributed by atoms with Crippen molar-refractivity contribution in [2.45, 2.75) is 13.0 Å².